The van der Waals surface area contributed by atoms with Crippen LogP contribution in [-0.4, -0.2) is 12.1 Å². The maximum atomic E-state index is 6.25. The smallest absolute Gasteiger partial charge is 0.148 e. The molecule has 2 unspecified atom stereocenters. The van der Waals surface area contributed by atoms with E-state index in [9.17, 15) is 0 Å². The Morgan fingerprint density at radius 2 is 1.90 bits per heavy atom. The molecule has 1 saturated carbocycles. The molecule has 1 N–H and O–H groups in total. The topological polar surface area (TPSA) is 21.3 Å². The van der Waals surface area contributed by atoms with Crippen LogP contribution in [-0.2, 0) is 6.54 Å². The van der Waals surface area contributed by atoms with Gasteiger partial charge in [0.1, 0.15) is 5.75 Å². The molecule has 1 fully saturated rings. The highest BCUT2D eigenvalue weighted by atomic mass is 79.9. The van der Waals surface area contributed by atoms with Crippen LogP contribution < -0.4 is 10.1 Å². The number of hydrogen-bond donors (Lipinski definition) is 1. The lowest BCUT2D eigenvalue weighted by Crippen LogP contribution is -2.24. The second-order valence-electron chi connectivity index (χ2n) is 6.44. The van der Waals surface area contributed by atoms with Crippen LogP contribution in [0.15, 0.2) is 21.1 Å². The molecule has 4 heteroatoms. The van der Waals surface area contributed by atoms with Crippen molar-refractivity contribution in [1.29, 1.82) is 0 Å². The minimum atomic E-state index is 0.348. The Hall–Kier alpha value is -0.0600. The first-order valence-corrected chi connectivity index (χ1v) is 9.42. The summed E-state index contributed by atoms with van der Waals surface area (Å²) in [5.74, 6) is 1.72. The lowest BCUT2D eigenvalue weighted by atomic mass is 9.89. The van der Waals surface area contributed by atoms with Crippen LogP contribution in [0, 0.1) is 5.92 Å². The van der Waals surface area contributed by atoms with Gasteiger partial charge in [-0.2, -0.15) is 0 Å². The lowest BCUT2D eigenvalue weighted by molar-refractivity contribution is 0.127. The van der Waals surface area contributed by atoms with E-state index < -0.39 is 0 Å². The summed E-state index contributed by atoms with van der Waals surface area (Å²) in [6.45, 7) is 7.51. The molecule has 21 heavy (non-hydrogen) atoms. The number of rotatable bonds is 5. The first-order chi connectivity index (χ1) is 9.95. The van der Waals surface area contributed by atoms with Gasteiger partial charge >= 0.3 is 0 Å². The van der Waals surface area contributed by atoms with Crippen LogP contribution in [0.4, 0.5) is 0 Å². The molecule has 1 aromatic carbocycles. The summed E-state index contributed by atoms with van der Waals surface area (Å²) < 4.78 is 8.33. The number of nitrogens with one attached hydrogen (secondary N) is 1. The van der Waals surface area contributed by atoms with Crippen LogP contribution in [0.3, 0.4) is 0 Å². The van der Waals surface area contributed by atoms with Crippen molar-refractivity contribution in [3.8, 4) is 5.75 Å². The Labute approximate surface area is 145 Å². The summed E-state index contributed by atoms with van der Waals surface area (Å²) in [5.41, 5.74) is 1.26. The van der Waals surface area contributed by atoms with Crippen molar-refractivity contribution in [3.63, 3.8) is 0 Å². The normalized spacial score (nSPS) is 22.6. The molecule has 0 amide bonds. The molecular weight excluding hydrogens is 394 g/mol. The lowest BCUT2D eigenvalue weighted by Gasteiger charge is -2.28. The Morgan fingerprint density at radius 1 is 1.24 bits per heavy atom. The molecule has 1 aromatic rings. The van der Waals surface area contributed by atoms with Crippen molar-refractivity contribution in [2.45, 2.75) is 65.1 Å². The van der Waals surface area contributed by atoms with E-state index in [1.807, 2.05) is 0 Å². The Balaban J connectivity index is 2.06. The third-order valence-electron chi connectivity index (χ3n) is 3.95. The number of benzene rings is 1. The molecule has 118 valence electrons. The first-order valence-electron chi connectivity index (χ1n) is 7.83. The fourth-order valence-electron chi connectivity index (χ4n) is 2.80. The average Bonchev–Trinajstić information content (AvgIpc) is 2.40. The molecule has 2 nitrogen and oxygen atoms in total. The highest BCUT2D eigenvalue weighted by Gasteiger charge is 2.22. The van der Waals surface area contributed by atoms with E-state index in [0.29, 0.717) is 12.1 Å². The second-order valence-corrected chi connectivity index (χ2v) is 8.14. The molecule has 2 atom stereocenters. The SMILES string of the molecule is CC1CCCC(Oc2c(Br)cc(CNC(C)C)cc2Br)C1. The molecule has 0 saturated heterocycles. The van der Waals surface area contributed by atoms with Gasteiger partial charge in [-0.25, -0.2) is 0 Å². The van der Waals surface area contributed by atoms with E-state index in [-0.39, 0.29) is 0 Å². The summed E-state index contributed by atoms with van der Waals surface area (Å²) >= 11 is 7.33. The molecule has 0 aliphatic heterocycles. The van der Waals surface area contributed by atoms with Crippen LogP contribution in [0.1, 0.15) is 52.0 Å². The maximum Gasteiger partial charge on any atom is 0.148 e. The van der Waals surface area contributed by atoms with E-state index in [1.54, 1.807) is 0 Å². The molecule has 0 bridgehead atoms. The van der Waals surface area contributed by atoms with E-state index >= 15 is 0 Å². The van der Waals surface area contributed by atoms with Crippen molar-refractivity contribution >= 4 is 31.9 Å². The zero-order valence-electron chi connectivity index (χ0n) is 13.1. The molecule has 0 heterocycles. The predicted molar refractivity (Wildman–Crippen MR) is 95.9 cm³/mol. The van der Waals surface area contributed by atoms with Crippen LogP contribution in [0.5, 0.6) is 5.75 Å². The van der Waals surface area contributed by atoms with Gasteiger partial charge in [-0.3, -0.25) is 0 Å². The van der Waals surface area contributed by atoms with Gasteiger partial charge < -0.3 is 10.1 Å². The minimum absolute atomic E-state index is 0.348. The summed E-state index contributed by atoms with van der Waals surface area (Å²) in [4.78, 5) is 0. The van der Waals surface area contributed by atoms with Gasteiger partial charge in [-0.15, -0.1) is 0 Å². The first kappa shape index (κ1) is 17.3. The van der Waals surface area contributed by atoms with Crippen molar-refractivity contribution in [2.75, 3.05) is 0 Å². The van der Waals surface area contributed by atoms with Gasteiger partial charge in [-0.1, -0.05) is 27.2 Å². The summed E-state index contributed by atoms with van der Waals surface area (Å²) in [5, 5.41) is 3.44. The van der Waals surface area contributed by atoms with Gasteiger partial charge in [0.05, 0.1) is 15.0 Å². The van der Waals surface area contributed by atoms with Gasteiger partial charge in [-0.05, 0) is 74.7 Å². The minimum Gasteiger partial charge on any atom is -0.488 e. The highest BCUT2D eigenvalue weighted by Crippen LogP contribution is 2.37. The third-order valence-corrected chi connectivity index (χ3v) is 5.12. The van der Waals surface area contributed by atoms with Gasteiger partial charge in [0.25, 0.3) is 0 Å². The fraction of sp³-hybridized carbons (Fsp3) is 0.647. The molecule has 0 aromatic heterocycles. The van der Waals surface area contributed by atoms with E-state index in [4.69, 9.17) is 4.74 Å². The Bertz CT molecular complexity index is 453. The number of hydrogen-bond acceptors (Lipinski definition) is 2. The van der Waals surface area contributed by atoms with Gasteiger partial charge in [0.15, 0.2) is 0 Å². The van der Waals surface area contributed by atoms with E-state index in [2.05, 4.69) is 70.1 Å². The largest absolute Gasteiger partial charge is 0.488 e. The standard InChI is InChI=1S/C17H25Br2NO/c1-11(2)20-10-13-8-15(18)17(16(19)9-13)21-14-6-4-5-12(3)7-14/h8-9,11-12,14,20H,4-7,10H2,1-3H3. The Kier molecular flexibility index (Phi) is 6.57. The van der Waals surface area contributed by atoms with Gasteiger partial charge in [0.2, 0.25) is 0 Å². The summed E-state index contributed by atoms with van der Waals surface area (Å²) in [7, 11) is 0. The second kappa shape index (κ2) is 7.98. The van der Waals surface area contributed by atoms with Crippen molar-refractivity contribution in [2.24, 2.45) is 5.92 Å². The zero-order chi connectivity index (χ0) is 15.4. The molecule has 0 radical (unpaired) electrons. The number of ether oxygens (including phenoxy) is 1. The molecule has 1 aliphatic carbocycles. The fourth-order valence-corrected chi connectivity index (χ4v) is 4.27. The van der Waals surface area contributed by atoms with Crippen LogP contribution in [0.2, 0.25) is 0 Å². The molecular formula is C17H25Br2NO. The van der Waals surface area contributed by atoms with Crippen LogP contribution in [0.25, 0.3) is 0 Å². The van der Waals surface area contributed by atoms with Crippen molar-refractivity contribution in [1.82, 2.24) is 5.32 Å². The predicted octanol–water partition coefficient (Wildman–Crippen LogP) is 5.67. The monoisotopic (exact) mass is 417 g/mol. The molecule has 1 aliphatic rings. The van der Waals surface area contributed by atoms with Crippen LogP contribution >= 0.6 is 31.9 Å². The third kappa shape index (κ3) is 5.26. The highest BCUT2D eigenvalue weighted by molar-refractivity contribution is 9.11. The quantitative estimate of drug-likeness (QED) is 0.665. The van der Waals surface area contributed by atoms with Crippen molar-refractivity contribution < 1.29 is 4.74 Å². The molecule has 0 spiro atoms. The van der Waals surface area contributed by atoms with E-state index in [0.717, 1.165) is 33.6 Å². The van der Waals surface area contributed by atoms with Crippen molar-refractivity contribution in [3.05, 3.63) is 26.6 Å². The number of halogens is 2. The summed E-state index contributed by atoms with van der Waals surface area (Å²) in [6, 6.07) is 4.80. The zero-order valence-corrected chi connectivity index (χ0v) is 16.3. The van der Waals surface area contributed by atoms with E-state index in [1.165, 1.54) is 24.8 Å². The average molecular weight is 419 g/mol. The molecule has 2 rings (SSSR count). The maximum absolute atomic E-state index is 6.25. The Morgan fingerprint density at radius 3 is 2.48 bits per heavy atom. The summed E-state index contributed by atoms with van der Waals surface area (Å²) in [6.07, 6.45) is 5.29. The van der Waals surface area contributed by atoms with Gasteiger partial charge in [0, 0.05) is 12.6 Å².